The minimum atomic E-state index is -4.70. The van der Waals surface area contributed by atoms with Crippen molar-refractivity contribution < 1.29 is 22.6 Å². The molecule has 0 aliphatic heterocycles. The normalized spacial score (nSPS) is 11.9. The highest BCUT2D eigenvalue weighted by atomic mass is 35.5. The largest absolute Gasteiger partial charge is 0.490 e. The third-order valence-electron chi connectivity index (χ3n) is 3.01. The molecule has 0 aliphatic carbocycles. The van der Waals surface area contributed by atoms with Crippen molar-refractivity contribution in [1.82, 2.24) is 14.9 Å². The van der Waals surface area contributed by atoms with Gasteiger partial charge >= 0.3 is 6.18 Å². The zero-order valence-electron chi connectivity index (χ0n) is 13.9. The van der Waals surface area contributed by atoms with Gasteiger partial charge in [0.2, 0.25) is 4.77 Å². The Labute approximate surface area is 157 Å². The lowest BCUT2D eigenvalue weighted by Gasteiger charge is -2.13. The van der Waals surface area contributed by atoms with E-state index in [1.165, 1.54) is 12.3 Å². The number of H-pyrrole nitrogens is 1. The van der Waals surface area contributed by atoms with E-state index in [2.05, 4.69) is 15.3 Å². The van der Waals surface area contributed by atoms with Gasteiger partial charge in [0.05, 0.1) is 24.5 Å². The topological polar surface area (TPSA) is 64.4 Å². The number of alkyl halides is 3. The molecule has 26 heavy (non-hydrogen) atoms. The van der Waals surface area contributed by atoms with E-state index in [0.717, 1.165) is 6.42 Å². The summed E-state index contributed by atoms with van der Waals surface area (Å²) in [5, 5.41) is 9.23. The third-order valence-corrected chi connectivity index (χ3v) is 3.55. The monoisotopic (exact) mass is 408 g/mol. The van der Waals surface area contributed by atoms with Crippen molar-refractivity contribution in [2.75, 3.05) is 13.2 Å². The van der Waals surface area contributed by atoms with Crippen LogP contribution in [0.4, 0.5) is 13.2 Å². The average Bonchev–Trinajstić information content (AvgIpc) is 2.93. The summed E-state index contributed by atoms with van der Waals surface area (Å²) in [6, 6.07) is 3.08. The van der Waals surface area contributed by atoms with Crippen LogP contribution in [0, 0.1) is 4.77 Å². The second-order valence-electron chi connectivity index (χ2n) is 5.02. The molecule has 1 heterocycles. The van der Waals surface area contributed by atoms with Crippen LogP contribution in [0.3, 0.4) is 0 Å². The second-order valence-corrected chi connectivity index (χ2v) is 5.81. The van der Waals surface area contributed by atoms with Crippen molar-refractivity contribution in [2.45, 2.75) is 26.4 Å². The van der Waals surface area contributed by atoms with Crippen molar-refractivity contribution in [3.63, 3.8) is 0 Å². The van der Waals surface area contributed by atoms with Gasteiger partial charge in [-0.15, -0.1) is 5.10 Å². The van der Waals surface area contributed by atoms with E-state index in [0.29, 0.717) is 35.0 Å². The SMILES string of the molecule is CCCOc1c(Cl)cc(/C=N\n2c(C(F)(F)F)n[nH]c2=S)cc1OCC. The number of halogens is 4. The summed E-state index contributed by atoms with van der Waals surface area (Å²) in [4.78, 5) is 0. The van der Waals surface area contributed by atoms with Crippen LogP contribution in [0.25, 0.3) is 0 Å². The molecule has 0 fully saturated rings. The molecule has 0 unspecified atom stereocenters. The highest BCUT2D eigenvalue weighted by Crippen LogP contribution is 2.36. The number of rotatable bonds is 7. The van der Waals surface area contributed by atoms with Gasteiger partial charge in [0.25, 0.3) is 5.82 Å². The lowest BCUT2D eigenvalue weighted by Crippen LogP contribution is -2.12. The second kappa shape index (κ2) is 8.54. The first-order chi connectivity index (χ1) is 12.3. The van der Waals surface area contributed by atoms with Gasteiger partial charge in [-0.3, -0.25) is 0 Å². The predicted molar refractivity (Wildman–Crippen MR) is 93.8 cm³/mol. The minimum Gasteiger partial charge on any atom is -0.490 e. The van der Waals surface area contributed by atoms with E-state index in [4.69, 9.17) is 33.3 Å². The van der Waals surface area contributed by atoms with E-state index in [1.54, 1.807) is 13.0 Å². The Hall–Kier alpha value is -2.07. The smallest absolute Gasteiger partial charge is 0.453 e. The molecule has 0 aliphatic rings. The Kier molecular flexibility index (Phi) is 6.65. The number of nitrogens with one attached hydrogen (secondary N) is 1. The number of hydrogen-bond donors (Lipinski definition) is 1. The highest BCUT2D eigenvalue weighted by Gasteiger charge is 2.37. The molecule has 0 amide bonds. The van der Waals surface area contributed by atoms with Crippen LogP contribution >= 0.6 is 23.8 Å². The van der Waals surface area contributed by atoms with Crippen molar-refractivity contribution in [3.05, 3.63) is 33.3 Å². The lowest BCUT2D eigenvalue weighted by atomic mass is 10.2. The summed E-state index contributed by atoms with van der Waals surface area (Å²) in [6.45, 7) is 4.55. The van der Waals surface area contributed by atoms with Gasteiger partial charge in [-0.05, 0) is 43.3 Å². The first-order valence-corrected chi connectivity index (χ1v) is 8.44. The molecule has 0 saturated heterocycles. The number of nitrogens with zero attached hydrogens (tertiary/aromatic N) is 3. The molecule has 1 N–H and O–H groups in total. The Morgan fingerprint density at radius 2 is 2.08 bits per heavy atom. The van der Waals surface area contributed by atoms with Gasteiger partial charge in [-0.25, -0.2) is 5.10 Å². The Bertz CT molecular complexity index is 848. The fourth-order valence-electron chi connectivity index (χ4n) is 1.98. The van der Waals surface area contributed by atoms with E-state index in [1.807, 2.05) is 6.92 Å². The number of hydrogen-bond acceptors (Lipinski definition) is 5. The third kappa shape index (κ3) is 4.76. The summed E-state index contributed by atoms with van der Waals surface area (Å²) < 4.78 is 50.0. The average molecular weight is 409 g/mol. The molecule has 2 rings (SSSR count). The fourth-order valence-corrected chi connectivity index (χ4v) is 2.43. The molecule has 142 valence electrons. The van der Waals surface area contributed by atoms with Crippen molar-refractivity contribution in [3.8, 4) is 11.5 Å². The van der Waals surface area contributed by atoms with Gasteiger partial charge in [-0.1, -0.05) is 18.5 Å². The molecule has 0 spiro atoms. The Morgan fingerprint density at radius 1 is 1.35 bits per heavy atom. The van der Waals surface area contributed by atoms with Gasteiger partial charge in [0.15, 0.2) is 11.5 Å². The van der Waals surface area contributed by atoms with Crippen molar-refractivity contribution >= 4 is 30.0 Å². The zero-order chi connectivity index (χ0) is 19.3. The summed E-state index contributed by atoms with van der Waals surface area (Å²) >= 11 is 11.0. The van der Waals surface area contributed by atoms with Gasteiger partial charge in [-0.2, -0.15) is 22.9 Å². The lowest BCUT2D eigenvalue weighted by molar-refractivity contribution is -0.147. The highest BCUT2D eigenvalue weighted by molar-refractivity contribution is 7.71. The number of benzene rings is 1. The number of ether oxygens (including phenoxy) is 2. The van der Waals surface area contributed by atoms with Gasteiger partial charge < -0.3 is 9.47 Å². The van der Waals surface area contributed by atoms with Crippen LogP contribution < -0.4 is 9.47 Å². The maximum absolute atomic E-state index is 12.9. The predicted octanol–water partition coefficient (Wildman–Crippen LogP) is 4.68. The van der Waals surface area contributed by atoms with Gasteiger partial charge in [0, 0.05) is 0 Å². The molecule has 0 atom stereocenters. The van der Waals surface area contributed by atoms with E-state index in [9.17, 15) is 13.2 Å². The van der Waals surface area contributed by atoms with Gasteiger partial charge in [0.1, 0.15) is 0 Å². The summed E-state index contributed by atoms with van der Waals surface area (Å²) in [6.07, 6.45) is -2.74. The van der Waals surface area contributed by atoms with Crippen LogP contribution in [-0.4, -0.2) is 34.3 Å². The van der Waals surface area contributed by atoms with Crippen LogP contribution in [-0.2, 0) is 6.18 Å². The first kappa shape index (κ1) is 20.2. The zero-order valence-corrected chi connectivity index (χ0v) is 15.5. The molecule has 11 heteroatoms. The maximum Gasteiger partial charge on any atom is 0.453 e. The molecular formula is C15H16ClF3N4O2S. The summed E-state index contributed by atoms with van der Waals surface area (Å²) in [7, 11) is 0. The van der Waals surface area contributed by atoms with Crippen LogP contribution in [0.5, 0.6) is 11.5 Å². The molecule has 2 aromatic rings. The van der Waals surface area contributed by atoms with E-state index in [-0.39, 0.29) is 9.79 Å². The summed E-state index contributed by atoms with van der Waals surface area (Å²) in [5.74, 6) is -0.497. The minimum absolute atomic E-state index is 0.262. The Morgan fingerprint density at radius 3 is 2.69 bits per heavy atom. The van der Waals surface area contributed by atoms with E-state index < -0.39 is 12.0 Å². The van der Waals surface area contributed by atoms with Crippen LogP contribution in [0.2, 0.25) is 5.02 Å². The summed E-state index contributed by atoms with van der Waals surface area (Å²) in [5.41, 5.74) is 0.415. The first-order valence-electron chi connectivity index (χ1n) is 7.66. The van der Waals surface area contributed by atoms with E-state index >= 15 is 0 Å². The number of aromatic nitrogens is 3. The molecule has 6 nitrogen and oxygen atoms in total. The molecule has 1 aromatic heterocycles. The van der Waals surface area contributed by atoms with Crippen molar-refractivity contribution in [1.29, 1.82) is 0 Å². The van der Waals surface area contributed by atoms with Crippen LogP contribution in [0.1, 0.15) is 31.7 Å². The number of aromatic amines is 1. The fraction of sp³-hybridized carbons (Fsp3) is 0.400. The quantitative estimate of drug-likeness (QED) is 0.533. The molecular weight excluding hydrogens is 393 g/mol. The Balaban J connectivity index is 2.40. The molecule has 0 radical (unpaired) electrons. The maximum atomic E-state index is 12.9. The molecule has 0 saturated carbocycles. The molecule has 0 bridgehead atoms. The van der Waals surface area contributed by atoms with Crippen LogP contribution in [0.15, 0.2) is 17.2 Å². The van der Waals surface area contributed by atoms with Crippen molar-refractivity contribution in [2.24, 2.45) is 5.10 Å². The standard InChI is InChI=1S/C15H16ClF3N4O2S/c1-3-5-25-12-10(16)6-9(7-11(12)24-4-2)8-20-23-13(15(17,18)19)21-22-14(23)26/h6-8H,3-5H2,1-2H3,(H,22,26)/b20-8-. The molecule has 1 aromatic carbocycles.